The van der Waals surface area contributed by atoms with Crippen LogP contribution in [0.3, 0.4) is 0 Å². The molecule has 0 aliphatic rings. The molecule has 1 aromatic carbocycles. The summed E-state index contributed by atoms with van der Waals surface area (Å²) in [6.45, 7) is 5.05. The number of rotatable bonds is 6. The second kappa shape index (κ2) is 6.98. The van der Waals surface area contributed by atoms with E-state index in [0.29, 0.717) is 30.8 Å². The van der Waals surface area contributed by atoms with Gasteiger partial charge in [-0.3, -0.25) is 4.79 Å². The number of aryl methyl sites for hydroxylation is 1. The zero-order valence-electron chi connectivity index (χ0n) is 10.7. The molecule has 0 aromatic heterocycles. The van der Waals surface area contributed by atoms with E-state index in [2.05, 4.69) is 10.6 Å². The van der Waals surface area contributed by atoms with Gasteiger partial charge in [0, 0.05) is 25.2 Å². The lowest BCUT2D eigenvalue weighted by Gasteiger charge is -2.09. The lowest BCUT2D eigenvalue weighted by Crippen LogP contribution is -2.34. The highest BCUT2D eigenvalue weighted by Gasteiger charge is 2.06. The number of benzene rings is 1. The Bertz CT molecular complexity index is 405. The van der Waals surface area contributed by atoms with Crippen molar-refractivity contribution in [1.29, 1.82) is 0 Å². The van der Waals surface area contributed by atoms with E-state index in [4.69, 9.17) is 5.11 Å². The van der Waals surface area contributed by atoms with E-state index in [9.17, 15) is 9.90 Å². The number of hydrogen-bond donors (Lipinski definition) is 4. The summed E-state index contributed by atoms with van der Waals surface area (Å²) in [7, 11) is 0. The molecule has 0 spiro atoms. The van der Waals surface area contributed by atoms with Gasteiger partial charge in [-0.2, -0.15) is 0 Å². The number of nitrogens with one attached hydrogen (secondary N) is 2. The minimum absolute atomic E-state index is 0.169. The molecule has 0 radical (unpaired) electrons. The lowest BCUT2D eigenvalue weighted by atomic mass is 10.1. The molecule has 4 N–H and O–H groups in total. The fraction of sp³-hybridized carbons (Fsp3) is 0.462. The van der Waals surface area contributed by atoms with Crippen LogP contribution >= 0.6 is 0 Å². The zero-order chi connectivity index (χ0) is 13.5. The van der Waals surface area contributed by atoms with E-state index in [0.717, 1.165) is 0 Å². The largest absolute Gasteiger partial charge is 0.508 e. The van der Waals surface area contributed by atoms with E-state index < -0.39 is 0 Å². The molecule has 1 unspecified atom stereocenters. The molecular weight excluding hydrogens is 232 g/mol. The smallest absolute Gasteiger partial charge is 0.251 e. The normalized spacial score (nSPS) is 12.2. The third kappa shape index (κ3) is 4.73. The van der Waals surface area contributed by atoms with Crippen LogP contribution in [0.5, 0.6) is 5.75 Å². The number of phenols is 1. The van der Waals surface area contributed by atoms with Crippen LogP contribution in [0.1, 0.15) is 22.8 Å². The highest BCUT2D eigenvalue weighted by molar-refractivity contribution is 5.94. The number of aliphatic hydroxyl groups excluding tert-OH is 1. The molecule has 1 atom stereocenters. The fourth-order valence-corrected chi connectivity index (χ4v) is 1.47. The van der Waals surface area contributed by atoms with Crippen LogP contribution < -0.4 is 10.6 Å². The number of carbonyl (C=O) groups is 1. The van der Waals surface area contributed by atoms with Crippen molar-refractivity contribution < 1.29 is 15.0 Å². The summed E-state index contributed by atoms with van der Waals surface area (Å²) >= 11 is 0. The number of carbonyl (C=O) groups excluding carboxylic acids is 1. The first-order chi connectivity index (χ1) is 8.50. The van der Waals surface area contributed by atoms with Crippen molar-refractivity contribution in [2.45, 2.75) is 20.0 Å². The Morgan fingerprint density at radius 3 is 2.72 bits per heavy atom. The number of phenolic OH excluding ortho intramolecular Hbond substituents is 1. The Labute approximate surface area is 107 Å². The number of aliphatic hydroxyl groups is 1. The summed E-state index contributed by atoms with van der Waals surface area (Å²) in [6.07, 6.45) is -0.388. The van der Waals surface area contributed by atoms with Crippen LogP contribution in [0.25, 0.3) is 0 Å². The maximum Gasteiger partial charge on any atom is 0.251 e. The third-order valence-corrected chi connectivity index (χ3v) is 2.49. The van der Waals surface area contributed by atoms with Crippen molar-refractivity contribution in [2.75, 3.05) is 19.6 Å². The molecule has 5 nitrogen and oxygen atoms in total. The lowest BCUT2D eigenvalue weighted by molar-refractivity contribution is 0.0953. The van der Waals surface area contributed by atoms with Gasteiger partial charge >= 0.3 is 0 Å². The number of hydrogen-bond acceptors (Lipinski definition) is 4. The van der Waals surface area contributed by atoms with Gasteiger partial charge in [0.15, 0.2) is 0 Å². The second-order valence-corrected chi connectivity index (χ2v) is 4.31. The van der Waals surface area contributed by atoms with Gasteiger partial charge < -0.3 is 20.8 Å². The van der Waals surface area contributed by atoms with Crippen LogP contribution in [-0.4, -0.2) is 41.9 Å². The average Bonchev–Trinajstić information content (AvgIpc) is 2.31. The van der Waals surface area contributed by atoms with Crippen molar-refractivity contribution in [2.24, 2.45) is 0 Å². The molecule has 100 valence electrons. The molecule has 0 aliphatic carbocycles. The Morgan fingerprint density at radius 2 is 2.11 bits per heavy atom. The summed E-state index contributed by atoms with van der Waals surface area (Å²) in [6, 6.07) is 4.74. The second-order valence-electron chi connectivity index (χ2n) is 4.31. The molecule has 0 bridgehead atoms. The predicted molar refractivity (Wildman–Crippen MR) is 69.7 cm³/mol. The van der Waals surface area contributed by atoms with Gasteiger partial charge in [-0.25, -0.2) is 0 Å². The van der Waals surface area contributed by atoms with Crippen molar-refractivity contribution in [1.82, 2.24) is 10.6 Å². The van der Waals surface area contributed by atoms with E-state index in [1.807, 2.05) is 0 Å². The summed E-state index contributed by atoms with van der Waals surface area (Å²) in [5.41, 5.74) is 1.20. The number of amides is 1. The zero-order valence-corrected chi connectivity index (χ0v) is 10.7. The Balaban J connectivity index is 2.34. The maximum atomic E-state index is 11.7. The standard InChI is InChI=1S/C13H20N2O3/c1-9-7-11(3-4-12(9)17)13(18)15-6-5-14-8-10(2)16/h3-4,7,10,14,16-17H,5-6,8H2,1-2H3,(H,15,18). The monoisotopic (exact) mass is 252 g/mol. The van der Waals surface area contributed by atoms with Crippen LogP contribution in [0.15, 0.2) is 18.2 Å². The van der Waals surface area contributed by atoms with E-state index in [-0.39, 0.29) is 17.8 Å². The molecule has 5 heteroatoms. The molecule has 0 saturated carbocycles. The van der Waals surface area contributed by atoms with Crippen molar-refractivity contribution in [3.63, 3.8) is 0 Å². The van der Waals surface area contributed by atoms with Gasteiger partial charge in [-0.1, -0.05) is 0 Å². The van der Waals surface area contributed by atoms with Gasteiger partial charge in [0.25, 0.3) is 5.91 Å². The summed E-state index contributed by atoms with van der Waals surface area (Å²) in [4.78, 5) is 11.7. The molecule has 0 fully saturated rings. The maximum absolute atomic E-state index is 11.7. The molecule has 1 rings (SSSR count). The Morgan fingerprint density at radius 1 is 1.39 bits per heavy atom. The molecule has 1 amide bonds. The van der Waals surface area contributed by atoms with Crippen LogP contribution in [-0.2, 0) is 0 Å². The highest BCUT2D eigenvalue weighted by Crippen LogP contribution is 2.16. The van der Waals surface area contributed by atoms with Crippen LogP contribution in [0, 0.1) is 6.92 Å². The van der Waals surface area contributed by atoms with Crippen LogP contribution in [0.4, 0.5) is 0 Å². The highest BCUT2D eigenvalue weighted by atomic mass is 16.3. The summed E-state index contributed by atoms with van der Waals surface area (Å²) in [5.74, 6) is 0.0158. The minimum Gasteiger partial charge on any atom is -0.508 e. The fourth-order valence-electron chi connectivity index (χ4n) is 1.47. The quantitative estimate of drug-likeness (QED) is 0.552. The Hall–Kier alpha value is -1.59. The predicted octanol–water partition coefficient (Wildman–Crippen LogP) is 0.401. The Kier molecular flexibility index (Phi) is 5.61. The van der Waals surface area contributed by atoms with Gasteiger partial charge in [0.1, 0.15) is 5.75 Å². The van der Waals surface area contributed by atoms with Crippen LogP contribution in [0.2, 0.25) is 0 Å². The molecule has 0 heterocycles. The molecule has 0 saturated heterocycles. The minimum atomic E-state index is -0.388. The van der Waals surface area contributed by atoms with E-state index in [1.54, 1.807) is 26.0 Å². The summed E-state index contributed by atoms with van der Waals surface area (Å²) < 4.78 is 0. The SMILES string of the molecule is Cc1cc(C(=O)NCCNCC(C)O)ccc1O. The molecule has 18 heavy (non-hydrogen) atoms. The van der Waals surface area contributed by atoms with Crippen molar-refractivity contribution in [3.05, 3.63) is 29.3 Å². The van der Waals surface area contributed by atoms with E-state index in [1.165, 1.54) is 6.07 Å². The van der Waals surface area contributed by atoms with Gasteiger partial charge in [0.05, 0.1) is 6.10 Å². The summed E-state index contributed by atoms with van der Waals surface area (Å²) in [5, 5.41) is 24.1. The van der Waals surface area contributed by atoms with Crippen molar-refractivity contribution in [3.8, 4) is 5.75 Å². The average molecular weight is 252 g/mol. The molecule has 0 aliphatic heterocycles. The first kappa shape index (κ1) is 14.5. The van der Waals surface area contributed by atoms with Gasteiger partial charge in [-0.15, -0.1) is 0 Å². The number of aromatic hydroxyl groups is 1. The molecular formula is C13H20N2O3. The van der Waals surface area contributed by atoms with E-state index >= 15 is 0 Å². The topological polar surface area (TPSA) is 81.6 Å². The third-order valence-electron chi connectivity index (χ3n) is 2.49. The van der Waals surface area contributed by atoms with Crippen molar-refractivity contribution >= 4 is 5.91 Å². The first-order valence-electron chi connectivity index (χ1n) is 5.97. The first-order valence-corrected chi connectivity index (χ1v) is 5.97. The van der Waals surface area contributed by atoms with Gasteiger partial charge in [0.2, 0.25) is 0 Å². The van der Waals surface area contributed by atoms with Gasteiger partial charge in [-0.05, 0) is 37.6 Å². The molecule has 1 aromatic rings.